The van der Waals surface area contributed by atoms with Crippen LogP contribution in [0.4, 0.5) is 9.59 Å². The highest BCUT2D eigenvalue weighted by atomic mass is 16.6. The van der Waals surface area contributed by atoms with Gasteiger partial charge < -0.3 is 37.5 Å². The number of aromatic nitrogens is 1. The van der Waals surface area contributed by atoms with Crippen molar-refractivity contribution in [3.63, 3.8) is 0 Å². The van der Waals surface area contributed by atoms with E-state index in [1.807, 2.05) is 30.3 Å². The lowest BCUT2D eigenvalue weighted by atomic mass is 9.80. The molecule has 2 aromatic rings. The number of amides is 5. The van der Waals surface area contributed by atoms with Crippen molar-refractivity contribution < 1.29 is 38.6 Å². The Hall–Kier alpha value is -4.54. The van der Waals surface area contributed by atoms with Gasteiger partial charge in [-0.25, -0.2) is 19.4 Å². The molecule has 2 aliphatic rings. The molecule has 4 unspecified atom stereocenters. The molecule has 58 heavy (non-hydrogen) atoms. The molecule has 1 aromatic heterocycles. The van der Waals surface area contributed by atoms with E-state index in [1.54, 1.807) is 39.8 Å². The van der Waals surface area contributed by atoms with Crippen molar-refractivity contribution in [1.82, 2.24) is 15.2 Å². The van der Waals surface area contributed by atoms with Crippen LogP contribution in [-0.4, -0.2) is 97.8 Å². The van der Waals surface area contributed by atoms with Gasteiger partial charge in [0.15, 0.2) is 0 Å². The van der Waals surface area contributed by atoms with E-state index in [-0.39, 0.29) is 25.2 Å². The summed E-state index contributed by atoms with van der Waals surface area (Å²) in [6, 6.07) is 8.84. The summed E-state index contributed by atoms with van der Waals surface area (Å²) in [5.41, 5.74) is 18.6. The monoisotopic (exact) mass is 805 g/mol. The number of primary amides is 1. The van der Waals surface area contributed by atoms with Crippen LogP contribution in [0.25, 0.3) is 0 Å². The van der Waals surface area contributed by atoms with Gasteiger partial charge in [0.05, 0.1) is 24.2 Å². The zero-order valence-electron chi connectivity index (χ0n) is 34.5. The quantitative estimate of drug-likeness (QED) is 0.0855. The number of nitrogens with zero attached hydrogens (tertiary/aromatic N) is 4. The molecule has 15 nitrogen and oxygen atoms in total. The Morgan fingerprint density at radius 3 is 2.29 bits per heavy atom. The number of carbonyl (C=O) groups is 4. The number of unbranched alkanes of at least 4 members (excludes halogenated alkanes) is 1. The first-order chi connectivity index (χ1) is 27.6. The number of hydrogen-bond donors (Lipinski definition) is 6. The fourth-order valence-corrected chi connectivity index (χ4v) is 7.93. The predicted octanol–water partition coefficient (Wildman–Crippen LogP) is 4.57. The summed E-state index contributed by atoms with van der Waals surface area (Å²) in [6.45, 7) is 7.87. The zero-order chi connectivity index (χ0) is 42.5. The fourth-order valence-electron chi connectivity index (χ4n) is 7.93. The van der Waals surface area contributed by atoms with Gasteiger partial charge in [-0.2, -0.15) is 0 Å². The number of hydrogen-bond acceptors (Lipinski definition) is 11. The molecule has 4 rings (SSSR count). The second-order valence-electron chi connectivity index (χ2n) is 16.8. The molecule has 1 aliphatic carbocycles. The highest BCUT2D eigenvalue weighted by molar-refractivity contribution is 5.95. The molecule has 0 spiro atoms. The zero-order valence-corrected chi connectivity index (χ0v) is 34.5. The van der Waals surface area contributed by atoms with Gasteiger partial charge >= 0.3 is 18.0 Å². The van der Waals surface area contributed by atoms with Crippen molar-refractivity contribution >= 4 is 30.3 Å². The second kappa shape index (κ2) is 21.5. The molecule has 5 amide bonds. The maximum atomic E-state index is 14.4. The van der Waals surface area contributed by atoms with Crippen LogP contribution in [0.2, 0.25) is 0 Å². The molecule has 1 aromatic carbocycles. The molecule has 1 aliphatic heterocycles. The van der Waals surface area contributed by atoms with Crippen molar-refractivity contribution in [2.75, 3.05) is 13.1 Å². The van der Waals surface area contributed by atoms with E-state index in [1.165, 1.54) is 29.8 Å². The molecule has 0 bridgehead atoms. The van der Waals surface area contributed by atoms with Gasteiger partial charge in [-0.1, -0.05) is 62.4 Å². The Morgan fingerprint density at radius 1 is 1.00 bits per heavy atom. The lowest BCUT2D eigenvalue weighted by molar-refractivity contribution is -0.606. The summed E-state index contributed by atoms with van der Waals surface area (Å²) < 4.78 is 4.96. The Morgan fingerprint density at radius 2 is 1.67 bits per heavy atom. The maximum Gasteiger partial charge on any atom is 0.432 e. The number of quaternary nitrogens is 1. The third-order valence-corrected chi connectivity index (χ3v) is 11.0. The van der Waals surface area contributed by atoms with Crippen LogP contribution < -0.4 is 22.5 Å². The molecule has 15 heteroatoms. The van der Waals surface area contributed by atoms with Crippen molar-refractivity contribution in [3.8, 4) is 0 Å². The van der Waals surface area contributed by atoms with Crippen LogP contribution in [0.15, 0.2) is 71.7 Å². The topological polar surface area (TPSA) is 237 Å². The van der Waals surface area contributed by atoms with Crippen LogP contribution in [0.5, 0.6) is 0 Å². The van der Waals surface area contributed by atoms with E-state index in [4.69, 9.17) is 21.9 Å². The van der Waals surface area contributed by atoms with E-state index in [9.17, 15) is 29.4 Å². The molecular formula is C43H65N8O7+. The molecule has 9 N–H and O–H groups in total. The number of nitrogens with two attached hydrogens (primary N) is 3. The predicted molar refractivity (Wildman–Crippen MR) is 221 cm³/mol. The first-order valence-corrected chi connectivity index (χ1v) is 20.6. The Labute approximate surface area is 342 Å². The average Bonchev–Trinajstić information content (AvgIpc) is 3.63. The van der Waals surface area contributed by atoms with Gasteiger partial charge in [0, 0.05) is 37.8 Å². The number of imide groups is 1. The van der Waals surface area contributed by atoms with E-state index in [0.717, 1.165) is 37.7 Å². The molecule has 2 heterocycles. The van der Waals surface area contributed by atoms with Crippen LogP contribution in [-0.2, 0) is 20.7 Å². The summed E-state index contributed by atoms with van der Waals surface area (Å²) in [7, 11) is 0. The number of aliphatic hydroxyl groups excluding tert-OH is 2. The smallest absolute Gasteiger partial charge is 0.432 e. The number of benzene rings is 1. The SMILES string of the molecule is C[C@H](CC1=C[N+](C(N)=O)(C(=O)[C@@H](N)Cc2ccccc2)C=N1)N(C(=O)OC(C)(C)C)C(CC1CCCCC1)[C@@H](O)CC(C(=O)NCCCCN)C(O)c1ccncc1. The van der Waals surface area contributed by atoms with E-state index < -0.39 is 70.3 Å². The van der Waals surface area contributed by atoms with Crippen LogP contribution in [0.3, 0.4) is 0 Å². The first kappa shape index (κ1) is 46.2. The fraction of sp³-hybridized carbons (Fsp3) is 0.581. The second-order valence-corrected chi connectivity index (χ2v) is 16.8. The van der Waals surface area contributed by atoms with Crippen molar-refractivity contribution in [2.45, 2.75) is 134 Å². The van der Waals surface area contributed by atoms with Crippen LogP contribution in [0.1, 0.15) is 109 Å². The molecule has 1 fully saturated rings. The Balaban J connectivity index is 1.69. The summed E-state index contributed by atoms with van der Waals surface area (Å²) in [5, 5.41) is 26.9. The highest BCUT2D eigenvalue weighted by Crippen LogP contribution is 2.35. The summed E-state index contributed by atoms with van der Waals surface area (Å²) in [5.74, 6) is -2.00. The lowest BCUT2D eigenvalue weighted by Crippen LogP contribution is -2.59. The maximum absolute atomic E-state index is 14.4. The number of aliphatic hydroxyl groups is 2. The Kier molecular flexibility index (Phi) is 17.1. The molecule has 1 saturated carbocycles. The molecule has 318 valence electrons. The van der Waals surface area contributed by atoms with Gasteiger partial charge in [0.1, 0.15) is 23.5 Å². The number of pyridine rings is 1. The van der Waals surface area contributed by atoms with Gasteiger partial charge in [-0.3, -0.25) is 14.7 Å². The minimum absolute atomic E-state index is 0.0583. The van der Waals surface area contributed by atoms with Crippen molar-refractivity contribution in [3.05, 3.63) is 77.9 Å². The van der Waals surface area contributed by atoms with Gasteiger partial charge in [0.25, 0.3) is 0 Å². The third-order valence-electron chi connectivity index (χ3n) is 11.0. The van der Waals surface area contributed by atoms with Crippen molar-refractivity contribution in [2.24, 2.45) is 34.0 Å². The number of nitrogens with one attached hydrogen (secondary N) is 1. The highest BCUT2D eigenvalue weighted by Gasteiger charge is 2.48. The van der Waals surface area contributed by atoms with E-state index >= 15 is 0 Å². The normalized spacial score (nSPS) is 20.2. The lowest BCUT2D eigenvalue weighted by Gasteiger charge is -2.42. The van der Waals surface area contributed by atoms with E-state index in [2.05, 4.69) is 15.3 Å². The minimum atomic E-state index is -1.28. The van der Waals surface area contributed by atoms with Gasteiger partial charge in [-0.15, -0.1) is 4.48 Å². The van der Waals surface area contributed by atoms with E-state index in [0.29, 0.717) is 43.6 Å². The summed E-state index contributed by atoms with van der Waals surface area (Å²) in [6.07, 6.45) is 9.11. The van der Waals surface area contributed by atoms with Crippen LogP contribution in [0, 0.1) is 11.8 Å². The number of aliphatic imine (C=N–C) groups is 1. The number of ether oxygens (including phenoxy) is 1. The standard InChI is InChI=1S/C43H64N8O7/c1-29(23-33-27-51(28-49-33,41(46)56)40(55)35(45)24-30-13-7-5-8-14-30)50(42(57)58-43(2,3)4)36(25-31-15-9-6-10-16-31)37(52)26-34(39(54)48-20-12-11-19-44)38(53)32-17-21-47-22-18-32/h5,7-8,13-14,17-18,21-22,27-29,31,34-38,52-53H,6,9-12,15-16,19-20,23-26,44-45H2,1-4H3,(H2-,46,48,54,56)/p+1/t29-,34?,35+,36?,37+,38?,51?/m1/s1. The number of carbonyl (C=O) groups excluding carboxylic acids is 4. The van der Waals surface area contributed by atoms with Crippen LogP contribution >= 0.6 is 0 Å². The third kappa shape index (κ3) is 12.7. The molecular weight excluding hydrogens is 741 g/mol. The van der Waals surface area contributed by atoms with Crippen molar-refractivity contribution in [1.29, 1.82) is 0 Å². The average molecular weight is 806 g/mol. The first-order valence-electron chi connectivity index (χ1n) is 20.6. The minimum Gasteiger partial charge on any atom is -0.444 e. The number of urea groups is 1. The number of rotatable bonds is 19. The Bertz CT molecular complexity index is 1710. The van der Waals surface area contributed by atoms with Gasteiger partial charge in [0.2, 0.25) is 12.2 Å². The molecule has 0 saturated heterocycles. The largest absolute Gasteiger partial charge is 0.444 e. The molecule has 0 radical (unpaired) electrons. The summed E-state index contributed by atoms with van der Waals surface area (Å²) >= 11 is 0. The molecule has 7 atom stereocenters. The summed E-state index contributed by atoms with van der Waals surface area (Å²) in [4.78, 5) is 65.0. The van der Waals surface area contributed by atoms with Gasteiger partial charge in [-0.05, 0) is 89.1 Å².